The molecule has 1 N–H and O–H groups in total. The molecule has 0 aliphatic heterocycles. The van der Waals surface area contributed by atoms with E-state index < -0.39 is 0 Å². The number of rotatable bonds is 5. The maximum atomic E-state index is 12.0. The smallest absolute Gasteiger partial charge is 0.230 e. The maximum Gasteiger partial charge on any atom is 0.230 e. The Bertz CT molecular complexity index is 1080. The van der Waals surface area contributed by atoms with E-state index in [1.807, 2.05) is 66.2 Å². The van der Waals surface area contributed by atoms with E-state index >= 15 is 0 Å². The summed E-state index contributed by atoms with van der Waals surface area (Å²) in [5, 5.41) is 12.9. The number of nitrogens with zero attached hydrogens (tertiary/aromatic N) is 4. The Morgan fingerprint density at radius 3 is 2.69 bits per heavy atom. The first-order valence-corrected chi connectivity index (χ1v) is 9.22. The molecular formula is C19H17N5OS. The lowest BCUT2D eigenvalue weighted by molar-refractivity contribution is -0.118. The third-order valence-corrected chi connectivity index (χ3v) is 4.99. The highest BCUT2D eigenvalue weighted by molar-refractivity contribution is 7.99. The van der Waals surface area contributed by atoms with Gasteiger partial charge in [-0.15, -0.1) is 10.2 Å². The molecule has 0 fully saturated rings. The summed E-state index contributed by atoms with van der Waals surface area (Å²) in [4.78, 5) is 16.6. The van der Waals surface area contributed by atoms with E-state index in [9.17, 15) is 4.79 Å². The highest BCUT2D eigenvalue weighted by atomic mass is 32.2. The predicted octanol–water partition coefficient (Wildman–Crippen LogP) is 2.93. The Balaban J connectivity index is 1.45. The molecular weight excluding hydrogens is 346 g/mol. The number of para-hydroxylation sites is 1. The summed E-state index contributed by atoms with van der Waals surface area (Å²) < 4.78 is 2.00. The Morgan fingerprint density at radius 2 is 1.85 bits per heavy atom. The standard InChI is InChI=1S/C19H17N5OS/c1-24-15-10-6-5-9-14(15)17-18(24)21-19(23-22-17)26-12-16(25)20-11-13-7-3-2-4-8-13/h2-10H,11-12H2,1H3,(H,20,25). The van der Waals surface area contributed by atoms with Gasteiger partial charge in [-0.3, -0.25) is 4.79 Å². The number of nitrogens with one attached hydrogen (secondary N) is 1. The Morgan fingerprint density at radius 1 is 1.08 bits per heavy atom. The number of aromatic nitrogens is 4. The van der Waals surface area contributed by atoms with Crippen LogP contribution < -0.4 is 5.32 Å². The fraction of sp³-hybridized carbons (Fsp3) is 0.158. The number of fused-ring (bicyclic) bond motifs is 3. The zero-order valence-corrected chi connectivity index (χ0v) is 15.0. The number of benzene rings is 2. The van der Waals surface area contributed by atoms with Crippen molar-refractivity contribution in [3.63, 3.8) is 0 Å². The molecule has 4 rings (SSSR count). The van der Waals surface area contributed by atoms with Crippen LogP contribution in [0.3, 0.4) is 0 Å². The first kappa shape index (κ1) is 16.5. The second-order valence-corrected chi connectivity index (χ2v) is 6.84. The van der Waals surface area contributed by atoms with Gasteiger partial charge in [-0.05, 0) is 11.6 Å². The van der Waals surface area contributed by atoms with Gasteiger partial charge in [-0.1, -0.05) is 60.3 Å². The van der Waals surface area contributed by atoms with Crippen molar-refractivity contribution in [3.8, 4) is 0 Å². The van der Waals surface area contributed by atoms with Crippen molar-refractivity contribution in [1.82, 2.24) is 25.1 Å². The summed E-state index contributed by atoms with van der Waals surface area (Å²) in [6.45, 7) is 0.515. The van der Waals surface area contributed by atoms with E-state index in [1.165, 1.54) is 11.8 Å². The Kier molecular flexibility index (Phi) is 4.53. The minimum absolute atomic E-state index is 0.0559. The fourth-order valence-electron chi connectivity index (χ4n) is 2.83. The van der Waals surface area contributed by atoms with Crippen molar-refractivity contribution in [2.75, 3.05) is 5.75 Å². The van der Waals surface area contributed by atoms with Crippen LogP contribution in [0.2, 0.25) is 0 Å². The number of hydrogen-bond donors (Lipinski definition) is 1. The molecule has 6 nitrogen and oxygen atoms in total. The molecule has 0 atom stereocenters. The maximum absolute atomic E-state index is 12.0. The molecule has 0 unspecified atom stereocenters. The summed E-state index contributed by atoms with van der Waals surface area (Å²) in [5.74, 6) is 0.198. The minimum atomic E-state index is -0.0559. The first-order valence-electron chi connectivity index (χ1n) is 8.23. The van der Waals surface area contributed by atoms with Crippen molar-refractivity contribution < 1.29 is 4.79 Å². The monoisotopic (exact) mass is 363 g/mol. The molecule has 0 saturated heterocycles. The summed E-state index contributed by atoms with van der Waals surface area (Å²) >= 11 is 1.29. The highest BCUT2D eigenvalue weighted by Gasteiger charge is 2.13. The lowest BCUT2D eigenvalue weighted by Gasteiger charge is -2.04. The zero-order chi connectivity index (χ0) is 17.9. The predicted molar refractivity (Wildman–Crippen MR) is 103 cm³/mol. The minimum Gasteiger partial charge on any atom is -0.351 e. The quantitative estimate of drug-likeness (QED) is 0.552. The van der Waals surface area contributed by atoms with E-state index in [0.717, 1.165) is 27.6 Å². The summed E-state index contributed by atoms with van der Waals surface area (Å²) in [6, 6.07) is 17.8. The van der Waals surface area contributed by atoms with Crippen LogP contribution in [0, 0.1) is 0 Å². The second-order valence-electron chi connectivity index (χ2n) is 5.89. The van der Waals surface area contributed by atoms with Gasteiger partial charge in [0, 0.05) is 19.0 Å². The van der Waals surface area contributed by atoms with E-state index in [0.29, 0.717) is 11.7 Å². The normalized spacial score (nSPS) is 11.1. The van der Waals surface area contributed by atoms with Gasteiger partial charge in [0.1, 0.15) is 5.52 Å². The van der Waals surface area contributed by atoms with Crippen LogP contribution in [0.25, 0.3) is 22.1 Å². The number of aryl methyl sites for hydroxylation is 1. The van der Waals surface area contributed by atoms with Crippen molar-refractivity contribution >= 4 is 39.7 Å². The van der Waals surface area contributed by atoms with Gasteiger partial charge < -0.3 is 9.88 Å². The molecule has 7 heteroatoms. The van der Waals surface area contributed by atoms with Gasteiger partial charge >= 0.3 is 0 Å². The van der Waals surface area contributed by atoms with Crippen LogP contribution in [0.1, 0.15) is 5.56 Å². The van der Waals surface area contributed by atoms with Crippen LogP contribution in [0.5, 0.6) is 0 Å². The van der Waals surface area contributed by atoms with Gasteiger partial charge in [0.2, 0.25) is 11.1 Å². The van der Waals surface area contributed by atoms with Crippen molar-refractivity contribution in [2.24, 2.45) is 7.05 Å². The molecule has 2 heterocycles. The van der Waals surface area contributed by atoms with Gasteiger partial charge in [0.25, 0.3) is 0 Å². The van der Waals surface area contributed by atoms with E-state index in [1.54, 1.807) is 0 Å². The van der Waals surface area contributed by atoms with Crippen LogP contribution in [-0.4, -0.2) is 31.4 Å². The molecule has 0 aliphatic rings. The number of amides is 1. The Labute approximate surface area is 154 Å². The molecule has 2 aromatic carbocycles. The van der Waals surface area contributed by atoms with Crippen LogP contribution in [-0.2, 0) is 18.4 Å². The molecule has 26 heavy (non-hydrogen) atoms. The van der Waals surface area contributed by atoms with Crippen LogP contribution in [0.4, 0.5) is 0 Å². The van der Waals surface area contributed by atoms with Gasteiger partial charge in [-0.25, -0.2) is 4.98 Å². The fourth-order valence-corrected chi connectivity index (χ4v) is 3.44. The van der Waals surface area contributed by atoms with Crippen molar-refractivity contribution in [3.05, 3.63) is 60.2 Å². The van der Waals surface area contributed by atoms with E-state index in [-0.39, 0.29) is 11.7 Å². The van der Waals surface area contributed by atoms with Crippen LogP contribution >= 0.6 is 11.8 Å². The number of thioether (sulfide) groups is 1. The average molecular weight is 363 g/mol. The zero-order valence-electron chi connectivity index (χ0n) is 14.2. The third-order valence-electron chi connectivity index (χ3n) is 4.15. The van der Waals surface area contributed by atoms with E-state index in [2.05, 4.69) is 20.5 Å². The average Bonchev–Trinajstić information content (AvgIpc) is 2.98. The number of carbonyl (C=O) groups is 1. The number of hydrogen-bond acceptors (Lipinski definition) is 5. The second kappa shape index (κ2) is 7.13. The lowest BCUT2D eigenvalue weighted by atomic mass is 10.2. The van der Waals surface area contributed by atoms with E-state index in [4.69, 9.17) is 0 Å². The van der Waals surface area contributed by atoms with Crippen molar-refractivity contribution in [1.29, 1.82) is 0 Å². The molecule has 130 valence electrons. The first-order chi connectivity index (χ1) is 12.7. The summed E-state index contributed by atoms with van der Waals surface area (Å²) in [5.41, 5.74) is 3.68. The van der Waals surface area contributed by atoms with Crippen LogP contribution in [0.15, 0.2) is 59.8 Å². The van der Waals surface area contributed by atoms with Gasteiger partial charge in [-0.2, -0.15) is 0 Å². The Hall–Kier alpha value is -2.93. The molecule has 0 bridgehead atoms. The molecule has 0 aliphatic carbocycles. The molecule has 2 aromatic heterocycles. The molecule has 0 saturated carbocycles. The highest BCUT2D eigenvalue weighted by Crippen LogP contribution is 2.25. The molecule has 0 radical (unpaired) electrons. The number of carbonyl (C=O) groups excluding carboxylic acids is 1. The summed E-state index contributed by atoms with van der Waals surface area (Å²) in [7, 11) is 1.96. The molecule has 4 aromatic rings. The van der Waals surface area contributed by atoms with Gasteiger partial charge in [0.05, 0.1) is 11.3 Å². The van der Waals surface area contributed by atoms with Crippen molar-refractivity contribution in [2.45, 2.75) is 11.7 Å². The topological polar surface area (TPSA) is 72.7 Å². The largest absolute Gasteiger partial charge is 0.351 e. The molecule has 1 amide bonds. The summed E-state index contributed by atoms with van der Waals surface area (Å²) in [6.07, 6.45) is 0. The van der Waals surface area contributed by atoms with Gasteiger partial charge in [0.15, 0.2) is 5.65 Å². The lowest BCUT2D eigenvalue weighted by Crippen LogP contribution is -2.24. The third kappa shape index (κ3) is 3.25. The SMILES string of the molecule is Cn1c2ccccc2c2nnc(SCC(=O)NCc3ccccc3)nc21. The molecule has 0 spiro atoms.